The monoisotopic (exact) mass is 348 g/mol. The van der Waals surface area contributed by atoms with Gasteiger partial charge >= 0.3 is 0 Å². The number of nitrogens with zero attached hydrogens (tertiary/aromatic N) is 1. The molecule has 4 atom stereocenters. The first-order valence-corrected chi connectivity index (χ1v) is 9.58. The topological polar surface area (TPSA) is 46.3 Å². The van der Waals surface area contributed by atoms with Crippen LogP contribution in [0.2, 0.25) is 0 Å². The van der Waals surface area contributed by atoms with Crippen LogP contribution in [0.5, 0.6) is 0 Å². The molecule has 1 aliphatic carbocycles. The van der Waals surface area contributed by atoms with E-state index in [1.54, 1.807) is 0 Å². The van der Waals surface area contributed by atoms with Gasteiger partial charge in [0.05, 0.1) is 5.41 Å². The Labute approximate surface area is 156 Å². The molecule has 0 radical (unpaired) electrons. The van der Waals surface area contributed by atoms with Gasteiger partial charge in [0.1, 0.15) is 0 Å². The van der Waals surface area contributed by atoms with Crippen molar-refractivity contribution in [3.63, 3.8) is 0 Å². The predicted octanol–water partition coefficient (Wildman–Crippen LogP) is 3.37. The molecule has 3 heteroatoms. The normalized spacial score (nSPS) is 31.1. The highest BCUT2D eigenvalue weighted by molar-refractivity contribution is 5.85. The molecule has 2 aromatic carbocycles. The van der Waals surface area contributed by atoms with Crippen molar-refractivity contribution in [2.24, 2.45) is 23.0 Å². The average molecular weight is 348 g/mol. The van der Waals surface area contributed by atoms with Gasteiger partial charge in [-0.25, -0.2) is 0 Å². The van der Waals surface area contributed by atoms with E-state index in [-0.39, 0.29) is 11.3 Å². The molecule has 4 unspecified atom stereocenters. The molecule has 0 spiro atoms. The fourth-order valence-electron chi connectivity index (χ4n) is 5.15. The highest BCUT2D eigenvalue weighted by atomic mass is 16.1. The molecular weight excluding hydrogens is 320 g/mol. The van der Waals surface area contributed by atoms with Gasteiger partial charge < -0.3 is 10.6 Å². The second-order valence-corrected chi connectivity index (χ2v) is 8.40. The van der Waals surface area contributed by atoms with E-state index in [0.29, 0.717) is 17.8 Å². The Morgan fingerprint density at radius 1 is 1.15 bits per heavy atom. The van der Waals surface area contributed by atoms with Crippen molar-refractivity contribution >= 4 is 5.91 Å². The van der Waals surface area contributed by atoms with E-state index in [0.717, 1.165) is 25.9 Å². The number of likely N-dealkylation sites (N-methyl/N-ethyl adjacent to an activating group) is 1. The van der Waals surface area contributed by atoms with E-state index in [4.69, 9.17) is 5.73 Å². The highest BCUT2D eigenvalue weighted by Crippen LogP contribution is 2.62. The summed E-state index contributed by atoms with van der Waals surface area (Å²) in [4.78, 5) is 14.9. The maximum Gasteiger partial charge on any atom is 0.224 e. The average Bonchev–Trinajstić information content (AvgIpc) is 3.21. The summed E-state index contributed by atoms with van der Waals surface area (Å²) >= 11 is 0. The number of benzene rings is 2. The van der Waals surface area contributed by atoms with Crippen molar-refractivity contribution in [3.8, 4) is 0 Å². The fraction of sp³-hybridized carbons (Fsp3) is 0.435. The molecule has 26 heavy (non-hydrogen) atoms. The minimum absolute atomic E-state index is 0.120. The van der Waals surface area contributed by atoms with Crippen molar-refractivity contribution in [2.75, 3.05) is 20.1 Å². The van der Waals surface area contributed by atoms with Crippen molar-refractivity contribution in [3.05, 3.63) is 71.3 Å². The van der Waals surface area contributed by atoms with Gasteiger partial charge in [-0.3, -0.25) is 4.79 Å². The number of hydrogen-bond donors (Lipinski definition) is 1. The van der Waals surface area contributed by atoms with Gasteiger partial charge in [-0.05, 0) is 49.8 Å². The third kappa shape index (κ3) is 3.05. The SMILES string of the molecule is Cc1cccc(CC2(C(N)=O)CC2C2CN(C)CC2c2ccccc2)c1. The summed E-state index contributed by atoms with van der Waals surface area (Å²) in [6.45, 7) is 4.21. The van der Waals surface area contributed by atoms with Crippen LogP contribution in [-0.2, 0) is 11.2 Å². The second kappa shape index (κ2) is 6.55. The maximum absolute atomic E-state index is 12.5. The summed E-state index contributed by atoms with van der Waals surface area (Å²) in [5, 5.41) is 0. The van der Waals surface area contributed by atoms with Gasteiger partial charge in [-0.2, -0.15) is 0 Å². The molecule has 2 aliphatic rings. The first kappa shape index (κ1) is 17.3. The minimum atomic E-state index is -0.364. The van der Waals surface area contributed by atoms with Gasteiger partial charge in [0.25, 0.3) is 0 Å². The Kier molecular flexibility index (Phi) is 4.36. The zero-order chi connectivity index (χ0) is 18.3. The van der Waals surface area contributed by atoms with E-state index < -0.39 is 0 Å². The molecule has 1 heterocycles. The molecule has 4 rings (SSSR count). The molecular formula is C23H28N2O. The summed E-state index contributed by atoms with van der Waals surface area (Å²) in [6, 6.07) is 19.3. The number of hydrogen-bond acceptors (Lipinski definition) is 2. The molecule has 2 fully saturated rings. The van der Waals surface area contributed by atoms with Crippen molar-refractivity contribution in [2.45, 2.75) is 25.7 Å². The van der Waals surface area contributed by atoms with Crippen LogP contribution in [0.25, 0.3) is 0 Å². The number of primary amides is 1. The number of amides is 1. The molecule has 2 aromatic rings. The molecule has 0 aromatic heterocycles. The first-order valence-electron chi connectivity index (χ1n) is 9.58. The lowest BCUT2D eigenvalue weighted by Crippen LogP contribution is -2.31. The van der Waals surface area contributed by atoms with Crippen LogP contribution < -0.4 is 5.73 Å². The van der Waals surface area contributed by atoms with Gasteiger partial charge in [0.2, 0.25) is 5.91 Å². The summed E-state index contributed by atoms with van der Waals surface area (Å²) in [7, 11) is 2.19. The Morgan fingerprint density at radius 3 is 2.62 bits per heavy atom. The minimum Gasteiger partial charge on any atom is -0.369 e. The van der Waals surface area contributed by atoms with E-state index in [9.17, 15) is 4.79 Å². The molecule has 1 saturated carbocycles. The number of aryl methyl sites for hydroxylation is 1. The Bertz CT molecular complexity index is 803. The first-order chi connectivity index (χ1) is 12.5. The number of nitrogens with two attached hydrogens (primary N) is 1. The smallest absolute Gasteiger partial charge is 0.224 e. The van der Waals surface area contributed by atoms with Crippen LogP contribution >= 0.6 is 0 Å². The molecule has 1 aliphatic heterocycles. The standard InChI is InChI=1S/C23H28N2O/c1-16-7-6-8-17(11-16)12-23(22(24)26)13-21(23)20-15-25(2)14-19(20)18-9-4-3-5-10-18/h3-11,19-21H,12-15H2,1-2H3,(H2,24,26). The molecule has 1 saturated heterocycles. The summed E-state index contributed by atoms with van der Waals surface area (Å²) < 4.78 is 0. The summed E-state index contributed by atoms with van der Waals surface area (Å²) in [6.07, 6.45) is 1.70. The Hall–Kier alpha value is -2.13. The van der Waals surface area contributed by atoms with E-state index in [1.165, 1.54) is 16.7 Å². The molecule has 136 valence electrons. The molecule has 1 amide bonds. The van der Waals surface area contributed by atoms with Crippen LogP contribution in [0.4, 0.5) is 0 Å². The zero-order valence-electron chi connectivity index (χ0n) is 15.7. The molecule has 0 bridgehead atoms. The van der Waals surface area contributed by atoms with Gasteiger partial charge in [0, 0.05) is 19.0 Å². The van der Waals surface area contributed by atoms with E-state index in [1.807, 2.05) is 0 Å². The Balaban J connectivity index is 1.59. The number of likely N-dealkylation sites (tertiary alicyclic amines) is 1. The number of carbonyl (C=O) groups is 1. The van der Waals surface area contributed by atoms with Crippen LogP contribution in [0, 0.1) is 24.2 Å². The largest absolute Gasteiger partial charge is 0.369 e. The maximum atomic E-state index is 12.5. The highest BCUT2D eigenvalue weighted by Gasteiger charge is 2.63. The predicted molar refractivity (Wildman–Crippen MR) is 105 cm³/mol. The van der Waals surface area contributed by atoms with E-state index in [2.05, 4.69) is 73.5 Å². The Morgan fingerprint density at radius 2 is 1.92 bits per heavy atom. The number of rotatable bonds is 5. The lowest BCUT2D eigenvalue weighted by atomic mass is 9.81. The van der Waals surface area contributed by atoms with E-state index >= 15 is 0 Å². The van der Waals surface area contributed by atoms with Crippen LogP contribution in [-0.4, -0.2) is 30.9 Å². The number of carbonyl (C=O) groups excluding carboxylic acids is 1. The lowest BCUT2D eigenvalue weighted by Gasteiger charge is -2.22. The second-order valence-electron chi connectivity index (χ2n) is 8.40. The van der Waals surface area contributed by atoms with Gasteiger partial charge in [-0.15, -0.1) is 0 Å². The van der Waals surface area contributed by atoms with Crippen LogP contribution in [0.3, 0.4) is 0 Å². The van der Waals surface area contributed by atoms with Crippen LogP contribution in [0.15, 0.2) is 54.6 Å². The third-order valence-corrected chi connectivity index (χ3v) is 6.52. The van der Waals surface area contributed by atoms with Gasteiger partial charge in [0.15, 0.2) is 0 Å². The summed E-state index contributed by atoms with van der Waals surface area (Å²) in [5.41, 5.74) is 9.44. The third-order valence-electron chi connectivity index (χ3n) is 6.52. The zero-order valence-corrected chi connectivity index (χ0v) is 15.7. The van der Waals surface area contributed by atoms with Crippen molar-refractivity contribution in [1.29, 1.82) is 0 Å². The van der Waals surface area contributed by atoms with Crippen LogP contribution in [0.1, 0.15) is 29.0 Å². The fourth-order valence-corrected chi connectivity index (χ4v) is 5.15. The quantitative estimate of drug-likeness (QED) is 0.900. The summed E-state index contributed by atoms with van der Waals surface area (Å²) in [5.74, 6) is 1.26. The lowest BCUT2D eigenvalue weighted by molar-refractivity contribution is -0.123. The van der Waals surface area contributed by atoms with Crippen molar-refractivity contribution < 1.29 is 4.79 Å². The van der Waals surface area contributed by atoms with Gasteiger partial charge in [-0.1, -0.05) is 60.2 Å². The molecule has 2 N–H and O–H groups in total. The molecule has 3 nitrogen and oxygen atoms in total. The van der Waals surface area contributed by atoms with Crippen molar-refractivity contribution in [1.82, 2.24) is 4.90 Å².